The van der Waals surface area contributed by atoms with Crippen molar-refractivity contribution in [1.29, 1.82) is 5.41 Å². The molecule has 0 aromatic heterocycles. The Labute approximate surface area is 258 Å². The van der Waals surface area contributed by atoms with Crippen LogP contribution < -0.4 is 0 Å². The van der Waals surface area contributed by atoms with E-state index in [1.807, 2.05) is 0 Å². The third kappa shape index (κ3) is 5.62. The molecule has 1 aromatic rings. The quantitative estimate of drug-likeness (QED) is 0.219. The predicted octanol–water partition coefficient (Wildman–Crippen LogP) is 7.19. The second-order valence-corrected chi connectivity index (χ2v) is 14.4. The fraction of sp³-hybridized carbons (Fsp3) is 0.645. The van der Waals surface area contributed by atoms with Crippen LogP contribution in [-0.2, 0) is 9.59 Å². The minimum atomic E-state index is -5.02. The largest absolute Gasteiger partial charge is 0.481 e. The Bertz CT molecular complexity index is 1350. The van der Waals surface area contributed by atoms with E-state index in [4.69, 9.17) is 28.6 Å². The normalized spacial score (nSPS) is 31.7. The van der Waals surface area contributed by atoms with Gasteiger partial charge in [-0.1, -0.05) is 37.0 Å². The molecule has 234 valence electrons. The van der Waals surface area contributed by atoms with Crippen LogP contribution in [-0.4, -0.2) is 63.9 Å². The van der Waals surface area contributed by atoms with Crippen LogP contribution in [0.1, 0.15) is 81.1 Å². The maximum absolute atomic E-state index is 14.7. The first-order valence-corrected chi connectivity index (χ1v) is 15.4. The summed E-state index contributed by atoms with van der Waals surface area (Å²) in [5.74, 6) is -4.04. The molecule has 5 fully saturated rings. The molecule has 1 aromatic carbocycles. The van der Waals surface area contributed by atoms with Gasteiger partial charge in [-0.25, -0.2) is 0 Å². The molecule has 0 saturated heterocycles. The number of ketones is 1. The van der Waals surface area contributed by atoms with Gasteiger partial charge >= 0.3 is 12.1 Å². The number of rotatable bonds is 9. The third-order valence-corrected chi connectivity index (χ3v) is 11.5. The Morgan fingerprint density at radius 1 is 1.07 bits per heavy atom. The number of amides is 1. The van der Waals surface area contributed by atoms with Crippen molar-refractivity contribution >= 4 is 52.8 Å². The smallest absolute Gasteiger partial charge is 0.430 e. The summed E-state index contributed by atoms with van der Waals surface area (Å²) >= 11 is 12.7. The first kappa shape index (κ1) is 31.9. The summed E-state index contributed by atoms with van der Waals surface area (Å²) in [7, 11) is 0. The molecular weight excluding hydrogens is 606 g/mol. The number of alkyl halides is 3. The molecule has 3 atom stereocenters. The van der Waals surface area contributed by atoms with E-state index in [2.05, 4.69) is 18.8 Å². The summed E-state index contributed by atoms with van der Waals surface area (Å²) in [4.78, 5) is 44.9. The lowest BCUT2D eigenvalue weighted by molar-refractivity contribution is -0.156. The minimum absolute atomic E-state index is 0.00320. The first-order valence-electron chi connectivity index (χ1n) is 14.6. The molecule has 5 aliphatic carbocycles. The molecular formula is C31H36Cl2F3N3O4. The number of aliphatic carboxylic acids is 1. The highest BCUT2D eigenvalue weighted by atomic mass is 35.5. The third-order valence-electron chi connectivity index (χ3n) is 10.9. The highest BCUT2D eigenvalue weighted by Crippen LogP contribution is 2.67. The van der Waals surface area contributed by atoms with Crippen molar-refractivity contribution in [2.75, 3.05) is 6.54 Å². The number of carboxylic acids is 1. The average molecular weight is 643 g/mol. The number of Topliss-reactive ketones (excluding diaryl/α,β-unsaturated/α-hetero) is 1. The number of carboxylic acid groups (broad SMARTS) is 1. The Kier molecular flexibility index (Phi) is 8.07. The molecule has 0 aliphatic heterocycles. The number of aliphatic imine (C=N–C) groups is 1. The van der Waals surface area contributed by atoms with Gasteiger partial charge in [0.05, 0.1) is 33.1 Å². The van der Waals surface area contributed by atoms with Gasteiger partial charge in [0.2, 0.25) is 5.91 Å². The van der Waals surface area contributed by atoms with Crippen molar-refractivity contribution in [2.24, 2.45) is 33.6 Å². The van der Waals surface area contributed by atoms with Crippen LogP contribution in [0.4, 0.5) is 13.2 Å². The molecule has 0 spiro atoms. The number of fused-ring (bicyclic) bond motifs is 4. The average Bonchev–Trinajstić information content (AvgIpc) is 3.23. The van der Waals surface area contributed by atoms with Crippen LogP contribution in [0.2, 0.25) is 10.0 Å². The van der Waals surface area contributed by atoms with Gasteiger partial charge in [-0.05, 0) is 93.2 Å². The van der Waals surface area contributed by atoms with Crippen LogP contribution in [0.15, 0.2) is 17.1 Å². The van der Waals surface area contributed by atoms with Crippen LogP contribution in [0, 0.1) is 40.9 Å². The van der Waals surface area contributed by atoms with Crippen molar-refractivity contribution in [1.82, 2.24) is 4.90 Å². The lowest BCUT2D eigenvalue weighted by atomic mass is 9.57. The van der Waals surface area contributed by atoms with Gasteiger partial charge < -0.3 is 15.4 Å². The van der Waals surface area contributed by atoms with Crippen LogP contribution in [0.3, 0.4) is 0 Å². The Hall–Kier alpha value is -2.46. The lowest BCUT2D eigenvalue weighted by Gasteiger charge is -2.49. The van der Waals surface area contributed by atoms with Crippen molar-refractivity contribution in [2.45, 2.75) is 89.9 Å². The summed E-state index contributed by atoms with van der Waals surface area (Å²) in [6, 6.07) is 2.63. The zero-order valence-corrected chi connectivity index (χ0v) is 25.9. The first-order chi connectivity index (χ1) is 19.9. The molecule has 0 radical (unpaired) electrons. The Morgan fingerprint density at radius 3 is 2.02 bits per heavy atom. The van der Waals surface area contributed by atoms with Gasteiger partial charge in [-0.3, -0.25) is 19.4 Å². The topological polar surface area (TPSA) is 111 Å². The Morgan fingerprint density at radius 2 is 1.58 bits per heavy atom. The molecule has 2 N–H and O–H groups in total. The SMILES string of the molecule is Cc1cc(Cl)c(C(=O)CN(C(=O)C(C=N)C(=NC23CCC(C(=O)O)(CC2)CC3)C(F)(F)F)C2CC3C(C2)C3(C)C)c(Cl)c1. The number of nitrogens with one attached hydrogen (secondary N) is 1. The van der Waals surface area contributed by atoms with E-state index in [1.165, 1.54) is 4.90 Å². The van der Waals surface area contributed by atoms with Gasteiger partial charge in [-0.2, -0.15) is 13.2 Å². The highest BCUT2D eigenvalue weighted by Gasteiger charge is 2.63. The Balaban J connectivity index is 1.48. The standard InChI is InChI=1S/C31H36Cl2F3N3O4/c1-16-10-21(32)24(22(33)11-16)23(40)15-39(17-12-19-20(13-17)28(19,2)3)26(41)18(14-37)25(31(34,35)36)38-30-7-4-29(5-8-30,6-9-30)27(42)43/h10-11,14,17-20,37H,4-9,12-13,15H2,1-3H3,(H,42,43). The number of benzene rings is 1. The molecule has 6 rings (SSSR count). The maximum atomic E-state index is 14.7. The van der Waals surface area contributed by atoms with Crippen LogP contribution in [0.25, 0.3) is 0 Å². The highest BCUT2D eigenvalue weighted by molar-refractivity contribution is 6.40. The predicted molar refractivity (Wildman–Crippen MR) is 157 cm³/mol. The molecule has 12 heteroatoms. The fourth-order valence-electron chi connectivity index (χ4n) is 7.98. The molecule has 43 heavy (non-hydrogen) atoms. The fourth-order valence-corrected chi connectivity index (χ4v) is 8.79. The molecule has 5 saturated carbocycles. The van der Waals surface area contributed by atoms with Crippen LogP contribution >= 0.6 is 23.2 Å². The molecule has 0 heterocycles. The number of aryl methyl sites for hydroxylation is 1. The lowest BCUT2D eigenvalue weighted by Crippen LogP contribution is -2.53. The van der Waals surface area contributed by atoms with Gasteiger partial charge in [0.1, 0.15) is 11.6 Å². The van der Waals surface area contributed by atoms with E-state index >= 15 is 0 Å². The van der Waals surface area contributed by atoms with Crippen LogP contribution in [0.5, 0.6) is 0 Å². The molecule has 5 aliphatic rings. The monoisotopic (exact) mass is 641 g/mol. The van der Waals surface area contributed by atoms with Gasteiger partial charge in [0.15, 0.2) is 5.78 Å². The van der Waals surface area contributed by atoms with Gasteiger partial charge in [0.25, 0.3) is 0 Å². The summed E-state index contributed by atoms with van der Waals surface area (Å²) in [5, 5.41) is 17.9. The van der Waals surface area contributed by atoms with Crippen molar-refractivity contribution in [3.8, 4) is 0 Å². The zero-order valence-electron chi connectivity index (χ0n) is 24.4. The van der Waals surface area contributed by atoms with E-state index in [9.17, 15) is 32.7 Å². The number of hydrogen-bond donors (Lipinski definition) is 2. The minimum Gasteiger partial charge on any atom is -0.481 e. The van der Waals surface area contributed by atoms with E-state index in [0.29, 0.717) is 19.1 Å². The molecule has 3 unspecified atom stereocenters. The van der Waals surface area contributed by atoms with Crippen molar-refractivity contribution in [3.05, 3.63) is 33.3 Å². The second kappa shape index (κ2) is 10.9. The van der Waals surface area contributed by atoms with E-state index in [-0.39, 0.29) is 71.4 Å². The van der Waals surface area contributed by atoms with E-state index < -0.39 is 59.0 Å². The summed E-state index contributed by atoms with van der Waals surface area (Å²) in [5.41, 5.74) is -2.69. The second-order valence-electron chi connectivity index (χ2n) is 13.6. The van der Waals surface area contributed by atoms with Crippen molar-refractivity contribution < 1.29 is 32.7 Å². The van der Waals surface area contributed by atoms with Crippen molar-refractivity contribution in [3.63, 3.8) is 0 Å². The molecule has 7 nitrogen and oxygen atoms in total. The maximum Gasteiger partial charge on any atom is 0.430 e. The number of carbonyl (C=O) groups excluding carboxylic acids is 2. The van der Waals surface area contributed by atoms with Gasteiger partial charge in [0, 0.05) is 12.3 Å². The number of nitrogens with zero attached hydrogens (tertiary/aromatic N) is 2. The number of halogens is 5. The summed E-state index contributed by atoms with van der Waals surface area (Å²) in [6.07, 6.45) is -2.39. The molecule has 1 amide bonds. The molecule has 2 bridgehead atoms. The summed E-state index contributed by atoms with van der Waals surface area (Å²) in [6.45, 7) is 5.45. The number of hydrogen-bond acceptors (Lipinski definition) is 5. The summed E-state index contributed by atoms with van der Waals surface area (Å²) < 4.78 is 44.0. The van der Waals surface area contributed by atoms with Gasteiger partial charge in [-0.15, -0.1) is 0 Å². The zero-order chi connectivity index (χ0) is 31.7. The van der Waals surface area contributed by atoms with E-state index in [1.54, 1.807) is 19.1 Å². The number of carbonyl (C=O) groups is 3. The van der Waals surface area contributed by atoms with E-state index in [0.717, 1.165) is 5.56 Å².